The largest absolute Gasteiger partial charge is 0.396 e. The van der Waals surface area contributed by atoms with E-state index in [0.29, 0.717) is 18.4 Å². The molecule has 0 saturated carbocycles. The van der Waals surface area contributed by atoms with Crippen molar-refractivity contribution in [2.75, 3.05) is 19.7 Å². The molecule has 0 radical (unpaired) electrons. The highest BCUT2D eigenvalue weighted by Crippen LogP contribution is 2.14. The molecule has 120 valence electrons. The molecule has 0 spiro atoms. The Kier molecular flexibility index (Phi) is 9.10. The molecule has 1 unspecified atom stereocenters. The Balaban J connectivity index is 2.49. The monoisotopic (exact) mass is 311 g/mol. The van der Waals surface area contributed by atoms with E-state index < -0.39 is 0 Å². The lowest BCUT2D eigenvalue weighted by molar-refractivity contribution is 0.243. The molecule has 0 aliphatic carbocycles. The summed E-state index contributed by atoms with van der Waals surface area (Å²) in [6.07, 6.45) is 1.96. The lowest BCUT2D eigenvalue weighted by Gasteiger charge is -2.20. The van der Waals surface area contributed by atoms with E-state index in [9.17, 15) is 5.11 Å². The minimum Gasteiger partial charge on any atom is -0.396 e. The molecule has 0 amide bonds. The predicted molar refractivity (Wildman–Crippen MR) is 91.8 cm³/mol. The Morgan fingerprint density at radius 1 is 1.38 bits per heavy atom. The van der Waals surface area contributed by atoms with Gasteiger partial charge in [-0.15, -0.1) is 0 Å². The third-order valence-electron chi connectivity index (χ3n) is 3.24. The number of thiophene rings is 1. The van der Waals surface area contributed by atoms with Crippen LogP contribution in [0.25, 0.3) is 0 Å². The van der Waals surface area contributed by atoms with Crippen molar-refractivity contribution >= 4 is 17.3 Å². The summed E-state index contributed by atoms with van der Waals surface area (Å²) in [7, 11) is 0. The van der Waals surface area contributed by atoms with Crippen molar-refractivity contribution in [1.82, 2.24) is 10.6 Å². The van der Waals surface area contributed by atoms with Crippen LogP contribution in [-0.2, 0) is 6.54 Å². The Labute approximate surface area is 132 Å². The first kappa shape index (κ1) is 18.0. The molecule has 4 nitrogen and oxygen atoms in total. The molecule has 0 saturated heterocycles. The SMILES string of the molecule is CCNC(=NCc1ccsc1)NCC(CCO)CC(C)C. The predicted octanol–water partition coefficient (Wildman–Crippen LogP) is 2.85. The fraction of sp³-hybridized carbons (Fsp3) is 0.688. The highest BCUT2D eigenvalue weighted by molar-refractivity contribution is 7.07. The lowest BCUT2D eigenvalue weighted by atomic mass is 9.94. The zero-order valence-electron chi connectivity index (χ0n) is 13.4. The second kappa shape index (κ2) is 10.6. The number of rotatable bonds is 9. The smallest absolute Gasteiger partial charge is 0.191 e. The van der Waals surface area contributed by atoms with Crippen LogP contribution in [0.5, 0.6) is 0 Å². The fourth-order valence-electron chi connectivity index (χ4n) is 2.29. The van der Waals surface area contributed by atoms with Crippen molar-refractivity contribution in [3.63, 3.8) is 0 Å². The zero-order chi connectivity index (χ0) is 15.5. The molecule has 0 aliphatic rings. The van der Waals surface area contributed by atoms with Crippen LogP contribution >= 0.6 is 11.3 Å². The van der Waals surface area contributed by atoms with E-state index in [1.807, 2.05) is 0 Å². The van der Waals surface area contributed by atoms with Gasteiger partial charge in [0.05, 0.1) is 6.54 Å². The average Bonchev–Trinajstić information content (AvgIpc) is 2.94. The van der Waals surface area contributed by atoms with Gasteiger partial charge in [-0.25, -0.2) is 4.99 Å². The standard InChI is InChI=1S/C16H29N3OS/c1-4-17-16(19-11-15-6-8-21-12-15)18-10-14(5-7-20)9-13(2)3/h6,8,12-14,20H,4-5,7,9-11H2,1-3H3,(H2,17,18,19). The van der Waals surface area contributed by atoms with Gasteiger partial charge in [0.1, 0.15) is 0 Å². The summed E-state index contributed by atoms with van der Waals surface area (Å²) in [6.45, 7) is 9.18. The molecule has 0 bridgehead atoms. The first-order valence-electron chi connectivity index (χ1n) is 7.79. The molecule has 0 fully saturated rings. The van der Waals surface area contributed by atoms with Crippen molar-refractivity contribution in [2.24, 2.45) is 16.8 Å². The molecule has 1 rings (SSSR count). The molecule has 21 heavy (non-hydrogen) atoms. The summed E-state index contributed by atoms with van der Waals surface area (Å²) in [5, 5.41) is 20.1. The highest BCUT2D eigenvalue weighted by atomic mass is 32.1. The topological polar surface area (TPSA) is 56.7 Å². The van der Waals surface area contributed by atoms with Crippen LogP contribution in [0.3, 0.4) is 0 Å². The van der Waals surface area contributed by atoms with E-state index in [0.717, 1.165) is 31.9 Å². The summed E-state index contributed by atoms with van der Waals surface area (Å²) in [4.78, 5) is 4.61. The van der Waals surface area contributed by atoms with Crippen LogP contribution in [0.15, 0.2) is 21.8 Å². The molecule has 5 heteroatoms. The second-order valence-corrected chi connectivity index (χ2v) is 6.50. The second-order valence-electron chi connectivity index (χ2n) is 5.72. The molecular formula is C16H29N3OS. The highest BCUT2D eigenvalue weighted by Gasteiger charge is 2.11. The number of nitrogens with one attached hydrogen (secondary N) is 2. The van der Waals surface area contributed by atoms with Gasteiger partial charge in [0.2, 0.25) is 0 Å². The molecule has 1 aromatic heterocycles. The van der Waals surface area contributed by atoms with Crippen LogP contribution in [-0.4, -0.2) is 30.8 Å². The number of hydrogen-bond acceptors (Lipinski definition) is 3. The van der Waals surface area contributed by atoms with Gasteiger partial charge in [-0.1, -0.05) is 13.8 Å². The Bertz CT molecular complexity index is 390. The number of aliphatic hydroxyl groups is 1. The average molecular weight is 311 g/mol. The van der Waals surface area contributed by atoms with Crippen LogP contribution < -0.4 is 10.6 Å². The van der Waals surface area contributed by atoms with Gasteiger partial charge in [-0.05, 0) is 54.0 Å². The molecule has 0 aromatic carbocycles. The first-order chi connectivity index (χ1) is 10.2. The Morgan fingerprint density at radius 3 is 2.76 bits per heavy atom. The molecule has 0 aliphatic heterocycles. The lowest BCUT2D eigenvalue weighted by Crippen LogP contribution is -2.40. The summed E-state index contributed by atoms with van der Waals surface area (Å²) < 4.78 is 0. The number of hydrogen-bond donors (Lipinski definition) is 3. The van der Waals surface area contributed by atoms with Gasteiger partial charge in [0.25, 0.3) is 0 Å². The van der Waals surface area contributed by atoms with Crippen molar-refractivity contribution in [3.8, 4) is 0 Å². The van der Waals surface area contributed by atoms with Crippen molar-refractivity contribution in [1.29, 1.82) is 0 Å². The minimum absolute atomic E-state index is 0.252. The van der Waals surface area contributed by atoms with E-state index in [1.54, 1.807) is 11.3 Å². The number of guanidine groups is 1. The van der Waals surface area contributed by atoms with Crippen LogP contribution in [0.4, 0.5) is 0 Å². The molecular weight excluding hydrogens is 282 g/mol. The summed E-state index contributed by atoms with van der Waals surface area (Å²) in [6, 6.07) is 2.10. The molecule has 1 aromatic rings. The Hall–Kier alpha value is -1.07. The summed E-state index contributed by atoms with van der Waals surface area (Å²) in [5.41, 5.74) is 1.24. The maximum absolute atomic E-state index is 9.17. The summed E-state index contributed by atoms with van der Waals surface area (Å²) in [5.74, 6) is 1.99. The van der Waals surface area contributed by atoms with Crippen molar-refractivity contribution in [3.05, 3.63) is 22.4 Å². The third kappa shape index (κ3) is 8.07. The normalized spacial score (nSPS) is 13.5. The van der Waals surface area contributed by atoms with E-state index >= 15 is 0 Å². The van der Waals surface area contributed by atoms with Gasteiger partial charge in [-0.2, -0.15) is 11.3 Å². The minimum atomic E-state index is 0.252. The summed E-state index contributed by atoms with van der Waals surface area (Å²) >= 11 is 1.70. The van der Waals surface area contributed by atoms with Crippen molar-refractivity contribution < 1.29 is 5.11 Å². The molecule has 1 heterocycles. The number of nitrogens with zero attached hydrogens (tertiary/aromatic N) is 1. The number of aliphatic hydroxyl groups excluding tert-OH is 1. The number of aliphatic imine (C=N–C) groups is 1. The zero-order valence-corrected chi connectivity index (χ0v) is 14.2. The van der Waals surface area contributed by atoms with Gasteiger partial charge >= 0.3 is 0 Å². The molecule has 3 N–H and O–H groups in total. The van der Waals surface area contributed by atoms with Gasteiger partial charge in [-0.3, -0.25) is 0 Å². The first-order valence-corrected chi connectivity index (χ1v) is 8.74. The van der Waals surface area contributed by atoms with E-state index in [-0.39, 0.29) is 6.61 Å². The third-order valence-corrected chi connectivity index (χ3v) is 3.98. The maximum Gasteiger partial charge on any atom is 0.191 e. The van der Waals surface area contributed by atoms with Crippen LogP contribution in [0.1, 0.15) is 39.2 Å². The van der Waals surface area contributed by atoms with E-state index in [2.05, 4.69) is 53.2 Å². The fourth-order valence-corrected chi connectivity index (χ4v) is 2.95. The van der Waals surface area contributed by atoms with Crippen LogP contribution in [0, 0.1) is 11.8 Å². The van der Waals surface area contributed by atoms with Gasteiger partial charge < -0.3 is 15.7 Å². The van der Waals surface area contributed by atoms with Gasteiger partial charge in [0, 0.05) is 19.7 Å². The van der Waals surface area contributed by atoms with Crippen molar-refractivity contribution in [2.45, 2.75) is 40.2 Å². The Morgan fingerprint density at radius 2 is 2.19 bits per heavy atom. The van der Waals surface area contributed by atoms with Crippen LogP contribution in [0.2, 0.25) is 0 Å². The maximum atomic E-state index is 9.17. The quantitative estimate of drug-likeness (QED) is 0.485. The van der Waals surface area contributed by atoms with Gasteiger partial charge in [0.15, 0.2) is 5.96 Å². The van der Waals surface area contributed by atoms with E-state index in [1.165, 1.54) is 5.56 Å². The van der Waals surface area contributed by atoms with E-state index in [4.69, 9.17) is 0 Å². The molecule has 1 atom stereocenters.